The summed E-state index contributed by atoms with van der Waals surface area (Å²) in [6, 6.07) is 1.92. The summed E-state index contributed by atoms with van der Waals surface area (Å²) in [5, 5.41) is 0. The molecule has 0 saturated carbocycles. The maximum absolute atomic E-state index is 5.50. The lowest BCUT2D eigenvalue weighted by molar-refractivity contribution is 0.748. The Kier molecular flexibility index (Phi) is 2.76. The highest BCUT2D eigenvalue weighted by Gasteiger charge is 2.04. The first-order chi connectivity index (χ1) is 5.63. The predicted molar refractivity (Wildman–Crippen MR) is 48.7 cm³/mol. The van der Waals surface area contributed by atoms with Crippen LogP contribution in [0.5, 0.6) is 0 Å². The van der Waals surface area contributed by atoms with Crippen molar-refractivity contribution in [2.75, 3.05) is 0 Å². The summed E-state index contributed by atoms with van der Waals surface area (Å²) in [4.78, 5) is 8.63. The van der Waals surface area contributed by atoms with Gasteiger partial charge >= 0.3 is 0 Å². The van der Waals surface area contributed by atoms with Gasteiger partial charge in [0.1, 0.15) is 5.82 Å². The highest BCUT2D eigenvalue weighted by molar-refractivity contribution is 5.11. The third kappa shape index (κ3) is 2.01. The van der Waals surface area contributed by atoms with Crippen LogP contribution in [0.3, 0.4) is 0 Å². The Morgan fingerprint density at radius 1 is 1.42 bits per heavy atom. The zero-order chi connectivity index (χ0) is 9.14. The van der Waals surface area contributed by atoms with Gasteiger partial charge in [-0.1, -0.05) is 13.8 Å². The van der Waals surface area contributed by atoms with Crippen molar-refractivity contribution >= 4 is 0 Å². The topological polar surface area (TPSA) is 51.8 Å². The van der Waals surface area contributed by atoms with Gasteiger partial charge in [0.05, 0.1) is 5.69 Å². The number of aromatic nitrogens is 2. The molecule has 1 rings (SSSR count). The first-order valence-corrected chi connectivity index (χ1v) is 4.18. The van der Waals surface area contributed by atoms with Crippen LogP contribution in [0.2, 0.25) is 0 Å². The summed E-state index contributed by atoms with van der Waals surface area (Å²) < 4.78 is 0. The van der Waals surface area contributed by atoms with Crippen LogP contribution < -0.4 is 5.73 Å². The van der Waals surface area contributed by atoms with Crippen LogP contribution >= 0.6 is 0 Å². The normalized spacial score (nSPS) is 10.8. The Morgan fingerprint density at radius 2 is 2.08 bits per heavy atom. The summed E-state index contributed by atoms with van der Waals surface area (Å²) in [5.74, 6) is 1.26. The number of nitrogens with two attached hydrogens (primary N) is 1. The molecule has 0 bridgehead atoms. The van der Waals surface area contributed by atoms with Gasteiger partial charge in [0.2, 0.25) is 0 Å². The molecule has 0 aliphatic carbocycles. The number of hydrogen-bond donors (Lipinski definition) is 1. The maximum atomic E-state index is 5.50. The molecule has 0 radical (unpaired) electrons. The van der Waals surface area contributed by atoms with Crippen LogP contribution in [0.1, 0.15) is 37.0 Å². The van der Waals surface area contributed by atoms with E-state index in [0.717, 1.165) is 17.2 Å². The molecule has 0 amide bonds. The van der Waals surface area contributed by atoms with E-state index < -0.39 is 0 Å². The van der Waals surface area contributed by atoms with Crippen molar-refractivity contribution in [1.82, 2.24) is 9.97 Å². The molecule has 1 aromatic heterocycles. The van der Waals surface area contributed by atoms with Gasteiger partial charge in [-0.05, 0) is 13.0 Å². The van der Waals surface area contributed by atoms with E-state index in [0.29, 0.717) is 12.5 Å². The first-order valence-electron chi connectivity index (χ1n) is 4.18. The summed E-state index contributed by atoms with van der Waals surface area (Å²) in [6.07, 6.45) is 0. The van der Waals surface area contributed by atoms with E-state index in [9.17, 15) is 0 Å². The zero-order valence-electron chi connectivity index (χ0n) is 7.83. The standard InChI is InChI=1S/C9H15N3/c1-6(2)9-11-7(3)4-8(5-10)12-9/h4,6H,5,10H2,1-3H3. The minimum absolute atomic E-state index is 0.371. The third-order valence-corrected chi connectivity index (χ3v) is 1.65. The van der Waals surface area contributed by atoms with Gasteiger partial charge in [0, 0.05) is 18.2 Å². The summed E-state index contributed by atoms with van der Waals surface area (Å²) in [5.41, 5.74) is 7.41. The molecule has 0 aliphatic rings. The zero-order valence-corrected chi connectivity index (χ0v) is 7.83. The van der Waals surface area contributed by atoms with E-state index in [1.165, 1.54) is 0 Å². The number of hydrogen-bond acceptors (Lipinski definition) is 3. The average Bonchev–Trinajstić information content (AvgIpc) is 2.03. The Morgan fingerprint density at radius 3 is 2.58 bits per heavy atom. The number of rotatable bonds is 2. The van der Waals surface area contributed by atoms with Crippen LogP contribution in [0.25, 0.3) is 0 Å². The minimum atomic E-state index is 0.371. The second-order valence-electron chi connectivity index (χ2n) is 3.22. The highest BCUT2D eigenvalue weighted by atomic mass is 14.9. The molecule has 1 heterocycles. The molecule has 0 unspecified atom stereocenters. The Balaban J connectivity index is 3.06. The van der Waals surface area contributed by atoms with Crippen LogP contribution in [0, 0.1) is 6.92 Å². The van der Waals surface area contributed by atoms with E-state index in [4.69, 9.17) is 5.73 Å². The van der Waals surface area contributed by atoms with Crippen molar-refractivity contribution < 1.29 is 0 Å². The number of nitrogens with zero attached hydrogens (tertiary/aromatic N) is 2. The molecular formula is C9H15N3. The highest BCUT2D eigenvalue weighted by Crippen LogP contribution is 2.09. The van der Waals surface area contributed by atoms with E-state index in [2.05, 4.69) is 23.8 Å². The maximum Gasteiger partial charge on any atom is 0.131 e. The van der Waals surface area contributed by atoms with E-state index >= 15 is 0 Å². The average molecular weight is 165 g/mol. The van der Waals surface area contributed by atoms with E-state index in [1.807, 2.05) is 13.0 Å². The van der Waals surface area contributed by atoms with Gasteiger partial charge in [-0.25, -0.2) is 9.97 Å². The second kappa shape index (κ2) is 3.63. The Bertz CT molecular complexity index is 268. The molecule has 3 nitrogen and oxygen atoms in total. The molecule has 66 valence electrons. The monoisotopic (exact) mass is 165 g/mol. The van der Waals surface area contributed by atoms with Crippen molar-refractivity contribution in [3.05, 3.63) is 23.3 Å². The molecule has 2 N–H and O–H groups in total. The van der Waals surface area contributed by atoms with Crippen molar-refractivity contribution in [3.8, 4) is 0 Å². The largest absolute Gasteiger partial charge is 0.325 e. The molecule has 0 saturated heterocycles. The quantitative estimate of drug-likeness (QED) is 0.720. The van der Waals surface area contributed by atoms with Crippen LogP contribution in [-0.2, 0) is 6.54 Å². The fourth-order valence-corrected chi connectivity index (χ4v) is 1.02. The predicted octanol–water partition coefficient (Wildman–Crippen LogP) is 1.37. The molecule has 0 aromatic carbocycles. The van der Waals surface area contributed by atoms with Gasteiger partial charge in [-0.3, -0.25) is 0 Å². The third-order valence-electron chi connectivity index (χ3n) is 1.65. The van der Waals surface area contributed by atoms with Crippen LogP contribution in [0.15, 0.2) is 6.07 Å². The summed E-state index contributed by atoms with van der Waals surface area (Å²) >= 11 is 0. The van der Waals surface area contributed by atoms with Gasteiger partial charge in [-0.15, -0.1) is 0 Å². The van der Waals surface area contributed by atoms with Crippen molar-refractivity contribution in [2.45, 2.75) is 33.2 Å². The van der Waals surface area contributed by atoms with E-state index in [1.54, 1.807) is 0 Å². The lowest BCUT2D eigenvalue weighted by atomic mass is 10.2. The molecular weight excluding hydrogens is 150 g/mol. The fraction of sp³-hybridized carbons (Fsp3) is 0.556. The minimum Gasteiger partial charge on any atom is -0.325 e. The fourth-order valence-electron chi connectivity index (χ4n) is 1.02. The SMILES string of the molecule is Cc1cc(CN)nc(C(C)C)n1. The molecule has 0 fully saturated rings. The lowest BCUT2D eigenvalue weighted by Crippen LogP contribution is -2.06. The first kappa shape index (κ1) is 9.13. The van der Waals surface area contributed by atoms with Gasteiger partial charge in [-0.2, -0.15) is 0 Å². The van der Waals surface area contributed by atoms with Gasteiger partial charge < -0.3 is 5.73 Å². The Labute approximate surface area is 73.0 Å². The Hall–Kier alpha value is -0.960. The molecule has 12 heavy (non-hydrogen) atoms. The van der Waals surface area contributed by atoms with Crippen molar-refractivity contribution in [1.29, 1.82) is 0 Å². The van der Waals surface area contributed by atoms with Crippen LogP contribution in [-0.4, -0.2) is 9.97 Å². The molecule has 0 spiro atoms. The van der Waals surface area contributed by atoms with Crippen molar-refractivity contribution in [2.24, 2.45) is 5.73 Å². The molecule has 1 aromatic rings. The molecule has 0 aliphatic heterocycles. The van der Waals surface area contributed by atoms with Crippen LogP contribution in [0.4, 0.5) is 0 Å². The van der Waals surface area contributed by atoms with Crippen molar-refractivity contribution in [3.63, 3.8) is 0 Å². The number of aryl methyl sites for hydroxylation is 1. The molecule has 0 atom stereocenters. The summed E-state index contributed by atoms with van der Waals surface area (Å²) in [7, 11) is 0. The van der Waals surface area contributed by atoms with Gasteiger partial charge in [0.25, 0.3) is 0 Å². The van der Waals surface area contributed by atoms with E-state index in [-0.39, 0.29) is 0 Å². The smallest absolute Gasteiger partial charge is 0.131 e. The molecule has 3 heteroatoms. The summed E-state index contributed by atoms with van der Waals surface area (Å²) in [6.45, 7) is 6.61. The van der Waals surface area contributed by atoms with Gasteiger partial charge in [0.15, 0.2) is 0 Å². The lowest BCUT2D eigenvalue weighted by Gasteiger charge is -2.06. The second-order valence-corrected chi connectivity index (χ2v) is 3.22.